The van der Waals surface area contributed by atoms with Crippen LogP contribution in [0.2, 0.25) is 0 Å². The minimum Gasteiger partial charge on any atom is -0.356 e. The van der Waals surface area contributed by atoms with Gasteiger partial charge in [-0.15, -0.1) is 0 Å². The summed E-state index contributed by atoms with van der Waals surface area (Å²) in [6.07, 6.45) is 2.37. The second kappa shape index (κ2) is 8.06. The van der Waals surface area contributed by atoms with Crippen molar-refractivity contribution in [3.8, 4) is 0 Å². The van der Waals surface area contributed by atoms with Crippen LogP contribution in [-0.2, 0) is 33.9 Å². The molecule has 1 aromatic heterocycles. The molecule has 0 radical (unpaired) electrons. The number of amides is 3. The fourth-order valence-corrected chi connectivity index (χ4v) is 3.93. The molecule has 152 valence electrons. The molecule has 8 heteroatoms. The second-order valence-corrected chi connectivity index (χ2v) is 7.63. The summed E-state index contributed by atoms with van der Waals surface area (Å²) in [6.45, 7) is 3.67. The number of aromatic amines is 1. The van der Waals surface area contributed by atoms with Crippen molar-refractivity contribution >= 4 is 23.5 Å². The summed E-state index contributed by atoms with van der Waals surface area (Å²) in [5, 5.41) is 12.8. The second-order valence-electron chi connectivity index (χ2n) is 7.63. The number of carbonyl (C=O) groups is 3. The molecule has 1 atom stereocenters. The van der Waals surface area contributed by atoms with Crippen molar-refractivity contribution in [3.63, 3.8) is 0 Å². The van der Waals surface area contributed by atoms with Crippen LogP contribution in [0.1, 0.15) is 54.5 Å². The van der Waals surface area contributed by atoms with Crippen LogP contribution < -0.4 is 10.6 Å². The summed E-state index contributed by atoms with van der Waals surface area (Å²) in [7, 11) is 0. The fraction of sp³-hybridized carbons (Fsp3) is 0.429. The van der Waals surface area contributed by atoms with Crippen molar-refractivity contribution in [2.75, 3.05) is 11.9 Å². The lowest BCUT2D eigenvalue weighted by atomic mass is 9.96. The molecule has 3 N–H and O–H groups in total. The van der Waals surface area contributed by atoms with Crippen LogP contribution in [0.15, 0.2) is 24.3 Å². The maximum atomic E-state index is 12.5. The summed E-state index contributed by atoms with van der Waals surface area (Å²) in [4.78, 5) is 38.2. The summed E-state index contributed by atoms with van der Waals surface area (Å²) >= 11 is 0. The Morgan fingerprint density at radius 1 is 1.24 bits per heavy atom. The molecule has 1 saturated heterocycles. The SMILES string of the molecule is CCCC(=O)N1Cc2[nH]nc(NC(=O)Cc3ccc(C4CCNC4=O)cc3)c2C1. The fourth-order valence-electron chi connectivity index (χ4n) is 3.93. The molecule has 2 aromatic rings. The van der Waals surface area contributed by atoms with Gasteiger partial charge in [0.05, 0.1) is 31.1 Å². The van der Waals surface area contributed by atoms with E-state index in [0.717, 1.165) is 35.2 Å². The van der Waals surface area contributed by atoms with E-state index in [0.29, 0.717) is 31.9 Å². The van der Waals surface area contributed by atoms with Gasteiger partial charge in [0.2, 0.25) is 17.7 Å². The highest BCUT2D eigenvalue weighted by Gasteiger charge is 2.28. The normalized spacial score (nSPS) is 17.9. The van der Waals surface area contributed by atoms with Crippen LogP contribution in [0.25, 0.3) is 0 Å². The van der Waals surface area contributed by atoms with Crippen LogP contribution in [0.3, 0.4) is 0 Å². The summed E-state index contributed by atoms with van der Waals surface area (Å²) in [5.74, 6) is 0.419. The molecule has 1 aromatic carbocycles. The van der Waals surface area contributed by atoms with Crippen molar-refractivity contribution in [1.82, 2.24) is 20.4 Å². The number of nitrogens with zero attached hydrogens (tertiary/aromatic N) is 2. The molecular weight excluding hydrogens is 370 g/mol. The van der Waals surface area contributed by atoms with E-state index in [9.17, 15) is 14.4 Å². The third-order valence-corrected chi connectivity index (χ3v) is 5.52. The number of fused-ring (bicyclic) bond motifs is 1. The Labute approximate surface area is 169 Å². The first-order chi connectivity index (χ1) is 14.0. The number of hydrogen-bond donors (Lipinski definition) is 3. The number of rotatable bonds is 6. The largest absolute Gasteiger partial charge is 0.356 e. The molecule has 0 aliphatic carbocycles. The highest BCUT2D eigenvalue weighted by atomic mass is 16.2. The van der Waals surface area contributed by atoms with Gasteiger partial charge in [0, 0.05) is 18.5 Å². The predicted octanol–water partition coefficient (Wildman–Crippen LogP) is 1.84. The first-order valence-electron chi connectivity index (χ1n) is 10.1. The van der Waals surface area contributed by atoms with Crippen LogP contribution in [0, 0.1) is 0 Å². The minimum absolute atomic E-state index is 0.0642. The van der Waals surface area contributed by atoms with E-state index >= 15 is 0 Å². The molecule has 1 fully saturated rings. The van der Waals surface area contributed by atoms with Crippen molar-refractivity contribution in [2.45, 2.75) is 51.6 Å². The van der Waals surface area contributed by atoms with Crippen molar-refractivity contribution in [3.05, 3.63) is 46.6 Å². The van der Waals surface area contributed by atoms with Gasteiger partial charge in [-0.05, 0) is 24.0 Å². The first-order valence-corrected chi connectivity index (χ1v) is 10.1. The Balaban J connectivity index is 1.36. The molecule has 3 heterocycles. The first kappa shape index (κ1) is 19.2. The van der Waals surface area contributed by atoms with Gasteiger partial charge in [-0.2, -0.15) is 5.10 Å². The number of anilines is 1. The van der Waals surface area contributed by atoms with Gasteiger partial charge < -0.3 is 15.5 Å². The van der Waals surface area contributed by atoms with Crippen molar-refractivity contribution in [2.24, 2.45) is 0 Å². The monoisotopic (exact) mass is 395 g/mol. The number of nitrogens with one attached hydrogen (secondary N) is 3. The molecular formula is C21H25N5O3. The van der Waals surface area contributed by atoms with E-state index in [1.54, 1.807) is 4.90 Å². The lowest BCUT2D eigenvalue weighted by Crippen LogP contribution is -2.25. The number of H-pyrrole nitrogens is 1. The highest BCUT2D eigenvalue weighted by Crippen LogP contribution is 2.28. The van der Waals surface area contributed by atoms with Gasteiger partial charge in [0.25, 0.3) is 0 Å². The standard InChI is InChI=1S/C21H25N5O3/c1-2-3-19(28)26-11-16-17(12-26)24-25-20(16)23-18(27)10-13-4-6-14(7-5-13)15-8-9-22-21(15)29/h4-7,15H,2-3,8-12H2,1H3,(H,22,29)(H2,23,24,25,27). The van der Waals surface area contributed by atoms with E-state index < -0.39 is 0 Å². The Morgan fingerprint density at radius 2 is 2.03 bits per heavy atom. The number of benzene rings is 1. The Morgan fingerprint density at radius 3 is 2.72 bits per heavy atom. The summed E-state index contributed by atoms with van der Waals surface area (Å²) in [6, 6.07) is 7.62. The number of carbonyl (C=O) groups excluding carboxylic acids is 3. The van der Waals surface area contributed by atoms with Crippen LogP contribution >= 0.6 is 0 Å². The zero-order valence-corrected chi connectivity index (χ0v) is 16.5. The van der Waals surface area contributed by atoms with E-state index in [4.69, 9.17) is 0 Å². The maximum Gasteiger partial charge on any atom is 0.230 e. The predicted molar refractivity (Wildman–Crippen MR) is 107 cm³/mol. The molecule has 0 saturated carbocycles. The minimum atomic E-state index is -0.163. The van der Waals surface area contributed by atoms with Crippen molar-refractivity contribution in [1.29, 1.82) is 0 Å². The molecule has 3 amide bonds. The third kappa shape index (κ3) is 4.01. The van der Waals surface area contributed by atoms with Crippen molar-refractivity contribution < 1.29 is 14.4 Å². The highest BCUT2D eigenvalue weighted by molar-refractivity contribution is 5.92. The molecule has 4 rings (SSSR count). The average Bonchev–Trinajstić information content (AvgIpc) is 3.40. The van der Waals surface area contributed by atoms with Crippen LogP contribution in [0.4, 0.5) is 5.82 Å². The van der Waals surface area contributed by atoms with Gasteiger partial charge in [-0.25, -0.2) is 0 Å². The Kier molecular flexibility index (Phi) is 5.33. The maximum absolute atomic E-state index is 12.5. The van der Waals surface area contributed by atoms with Gasteiger partial charge in [0.1, 0.15) is 0 Å². The summed E-state index contributed by atoms with van der Waals surface area (Å²) in [5.41, 5.74) is 3.61. The van der Waals surface area contributed by atoms with E-state index in [1.165, 1.54) is 0 Å². The average molecular weight is 395 g/mol. The molecule has 8 nitrogen and oxygen atoms in total. The molecule has 2 aliphatic rings. The van der Waals surface area contributed by atoms with E-state index in [2.05, 4.69) is 20.8 Å². The topological polar surface area (TPSA) is 107 Å². The zero-order chi connectivity index (χ0) is 20.4. The smallest absolute Gasteiger partial charge is 0.230 e. The van der Waals surface area contributed by atoms with E-state index in [1.807, 2.05) is 31.2 Å². The molecule has 1 unspecified atom stereocenters. The summed E-state index contributed by atoms with van der Waals surface area (Å²) < 4.78 is 0. The van der Waals surface area contributed by atoms with Crippen LogP contribution in [0.5, 0.6) is 0 Å². The number of aromatic nitrogens is 2. The van der Waals surface area contributed by atoms with Crippen LogP contribution in [-0.4, -0.2) is 39.4 Å². The van der Waals surface area contributed by atoms with Gasteiger partial charge in [-0.1, -0.05) is 31.2 Å². The lowest BCUT2D eigenvalue weighted by Gasteiger charge is -2.15. The lowest BCUT2D eigenvalue weighted by molar-refractivity contribution is -0.131. The number of hydrogen-bond acceptors (Lipinski definition) is 4. The quantitative estimate of drug-likeness (QED) is 0.694. The third-order valence-electron chi connectivity index (χ3n) is 5.52. The van der Waals surface area contributed by atoms with E-state index in [-0.39, 0.29) is 30.1 Å². The molecule has 0 spiro atoms. The van der Waals surface area contributed by atoms with Gasteiger partial charge in [-0.3, -0.25) is 19.5 Å². The molecule has 29 heavy (non-hydrogen) atoms. The molecule has 0 bridgehead atoms. The van der Waals surface area contributed by atoms with Gasteiger partial charge >= 0.3 is 0 Å². The van der Waals surface area contributed by atoms with Gasteiger partial charge in [0.15, 0.2) is 5.82 Å². The molecule has 2 aliphatic heterocycles. The Hall–Kier alpha value is -3.16. The Bertz CT molecular complexity index is 934. The zero-order valence-electron chi connectivity index (χ0n) is 16.5.